The van der Waals surface area contributed by atoms with E-state index in [0.29, 0.717) is 11.5 Å². The Morgan fingerprint density at radius 1 is 0.444 bits per heavy atom. The predicted molar refractivity (Wildman–Crippen MR) is 114 cm³/mol. The lowest BCUT2D eigenvalue weighted by atomic mass is 10.0. The van der Waals surface area contributed by atoms with Gasteiger partial charge >= 0.3 is 0 Å². The van der Waals surface area contributed by atoms with Gasteiger partial charge in [0, 0.05) is 20.5 Å². The summed E-state index contributed by atoms with van der Waals surface area (Å²) in [6.45, 7) is 0. The summed E-state index contributed by atoms with van der Waals surface area (Å²) in [5.74, 6) is 0.603. The van der Waals surface area contributed by atoms with E-state index in [1.54, 1.807) is 23.5 Å². The van der Waals surface area contributed by atoms with Crippen molar-refractivity contribution < 1.29 is 10.2 Å². The highest BCUT2D eigenvalue weighted by atomic mass is 32.1. The maximum absolute atomic E-state index is 10.1. The van der Waals surface area contributed by atoms with Crippen LogP contribution in [0, 0.1) is 0 Å². The molecule has 130 valence electrons. The number of hydrogen-bond donors (Lipinski definition) is 2. The number of hydrogen-bond acceptors (Lipinski definition) is 3. The van der Waals surface area contributed by atoms with Crippen LogP contribution in [-0.2, 0) is 0 Å². The van der Waals surface area contributed by atoms with Crippen molar-refractivity contribution in [1.29, 1.82) is 0 Å². The number of benzene rings is 4. The summed E-state index contributed by atoms with van der Waals surface area (Å²) in [5.41, 5.74) is 2.23. The zero-order valence-electron chi connectivity index (χ0n) is 14.4. The van der Waals surface area contributed by atoms with Crippen LogP contribution in [0.2, 0.25) is 0 Å². The monoisotopic (exact) mass is 368 g/mol. The van der Waals surface area contributed by atoms with E-state index in [2.05, 4.69) is 12.1 Å². The fraction of sp³-hybridized carbons (Fsp3) is 0. The van der Waals surface area contributed by atoms with E-state index in [1.807, 2.05) is 60.7 Å². The Balaban J connectivity index is 1.69. The second-order valence-corrected chi connectivity index (χ2v) is 7.60. The highest BCUT2D eigenvalue weighted by molar-refractivity contribution is 7.19. The number of rotatable bonds is 2. The van der Waals surface area contributed by atoms with Gasteiger partial charge in [0.25, 0.3) is 0 Å². The molecule has 0 aliphatic carbocycles. The number of thiophene rings is 1. The molecule has 4 aromatic carbocycles. The summed E-state index contributed by atoms with van der Waals surface area (Å²) < 4.78 is 0. The van der Waals surface area contributed by atoms with Crippen molar-refractivity contribution in [2.24, 2.45) is 0 Å². The Kier molecular flexibility index (Phi) is 3.62. The lowest BCUT2D eigenvalue weighted by Crippen LogP contribution is -1.79. The average molecular weight is 368 g/mol. The number of phenols is 2. The number of fused-ring (bicyclic) bond motifs is 2. The maximum atomic E-state index is 10.1. The molecule has 3 heteroatoms. The highest BCUT2D eigenvalue weighted by Gasteiger charge is 2.12. The number of aromatic hydroxyl groups is 2. The molecule has 27 heavy (non-hydrogen) atoms. The minimum Gasteiger partial charge on any atom is -0.507 e. The highest BCUT2D eigenvalue weighted by Crippen LogP contribution is 2.42. The SMILES string of the molecule is Oc1ccc(-c2ccc(-c3ccc(O)c4ccccc34)s2)c2ccccc12. The van der Waals surface area contributed by atoms with Crippen LogP contribution in [0.4, 0.5) is 0 Å². The van der Waals surface area contributed by atoms with Crippen molar-refractivity contribution in [2.45, 2.75) is 0 Å². The first-order valence-electron chi connectivity index (χ1n) is 8.74. The van der Waals surface area contributed by atoms with Crippen LogP contribution < -0.4 is 0 Å². The molecule has 0 aliphatic rings. The van der Waals surface area contributed by atoms with Crippen molar-refractivity contribution in [1.82, 2.24) is 0 Å². The third-order valence-corrected chi connectivity index (χ3v) is 6.09. The van der Waals surface area contributed by atoms with Gasteiger partial charge in [-0.25, -0.2) is 0 Å². The minimum absolute atomic E-state index is 0.302. The molecule has 0 amide bonds. The summed E-state index contributed by atoms with van der Waals surface area (Å²) in [7, 11) is 0. The Bertz CT molecular complexity index is 1200. The van der Waals surface area contributed by atoms with Gasteiger partial charge in [-0.2, -0.15) is 0 Å². The van der Waals surface area contributed by atoms with Crippen LogP contribution >= 0.6 is 11.3 Å². The molecule has 0 saturated carbocycles. The molecule has 0 aliphatic heterocycles. The largest absolute Gasteiger partial charge is 0.507 e. The summed E-state index contributed by atoms with van der Waals surface area (Å²) in [6, 6.07) is 27.5. The van der Waals surface area contributed by atoms with E-state index in [-0.39, 0.29) is 0 Å². The summed E-state index contributed by atoms with van der Waals surface area (Å²) in [6.07, 6.45) is 0. The molecule has 0 fully saturated rings. The molecule has 1 aromatic heterocycles. The van der Waals surface area contributed by atoms with E-state index >= 15 is 0 Å². The molecule has 0 saturated heterocycles. The van der Waals surface area contributed by atoms with Gasteiger partial charge in [0.15, 0.2) is 0 Å². The molecule has 0 radical (unpaired) electrons. The average Bonchev–Trinajstić information content (AvgIpc) is 3.19. The van der Waals surface area contributed by atoms with Crippen molar-refractivity contribution in [3.05, 3.63) is 84.9 Å². The van der Waals surface area contributed by atoms with Crippen molar-refractivity contribution in [3.8, 4) is 32.4 Å². The second kappa shape index (κ2) is 6.15. The lowest BCUT2D eigenvalue weighted by Gasteiger charge is -2.07. The quantitative estimate of drug-likeness (QED) is 0.360. The molecule has 0 bridgehead atoms. The number of phenolic OH excluding ortho intramolecular Hbond substituents is 2. The lowest BCUT2D eigenvalue weighted by molar-refractivity contribution is 0.481. The summed E-state index contributed by atoms with van der Waals surface area (Å²) in [5, 5.41) is 24.1. The van der Waals surface area contributed by atoms with Crippen LogP contribution in [-0.4, -0.2) is 10.2 Å². The van der Waals surface area contributed by atoms with Gasteiger partial charge in [-0.1, -0.05) is 48.5 Å². The molecular weight excluding hydrogens is 352 g/mol. The molecule has 5 aromatic rings. The Hall–Kier alpha value is -3.30. The topological polar surface area (TPSA) is 40.5 Å². The Labute approximate surface area is 160 Å². The van der Waals surface area contributed by atoms with Crippen molar-refractivity contribution in [3.63, 3.8) is 0 Å². The van der Waals surface area contributed by atoms with Crippen LogP contribution in [0.1, 0.15) is 0 Å². The van der Waals surface area contributed by atoms with Gasteiger partial charge in [-0.3, -0.25) is 0 Å². The van der Waals surface area contributed by atoms with Gasteiger partial charge in [-0.05, 0) is 58.3 Å². The van der Waals surface area contributed by atoms with Crippen LogP contribution in [0.25, 0.3) is 42.4 Å². The molecule has 0 spiro atoms. The van der Waals surface area contributed by atoms with Crippen LogP contribution in [0.5, 0.6) is 11.5 Å². The summed E-state index contributed by atoms with van der Waals surface area (Å²) >= 11 is 1.72. The smallest absolute Gasteiger partial charge is 0.123 e. The molecule has 2 N–H and O–H groups in total. The normalized spacial score (nSPS) is 11.3. The molecular formula is C24H16O2S. The molecule has 2 nitrogen and oxygen atoms in total. The second-order valence-electron chi connectivity index (χ2n) is 6.52. The van der Waals surface area contributed by atoms with E-state index in [9.17, 15) is 10.2 Å². The molecule has 1 heterocycles. The fourth-order valence-corrected chi connectivity index (χ4v) is 4.71. The zero-order chi connectivity index (χ0) is 18.4. The van der Waals surface area contributed by atoms with E-state index < -0.39 is 0 Å². The first kappa shape index (κ1) is 15.9. The van der Waals surface area contributed by atoms with Crippen molar-refractivity contribution >= 4 is 32.9 Å². The van der Waals surface area contributed by atoms with Gasteiger partial charge < -0.3 is 10.2 Å². The first-order chi connectivity index (χ1) is 13.2. The van der Waals surface area contributed by atoms with E-state index in [0.717, 1.165) is 42.4 Å². The Morgan fingerprint density at radius 3 is 1.30 bits per heavy atom. The standard InChI is InChI=1S/C24H16O2S/c25-21-11-9-19(15-5-1-3-7-17(15)21)23-13-14-24(27-23)20-10-12-22(26)18-8-4-2-6-16(18)20/h1-14,25-26H. The predicted octanol–water partition coefficient (Wildman–Crippen LogP) is 6.80. The minimum atomic E-state index is 0.302. The molecule has 0 atom stereocenters. The van der Waals surface area contributed by atoms with E-state index in [1.165, 1.54) is 0 Å². The fourth-order valence-electron chi connectivity index (χ4n) is 3.62. The third kappa shape index (κ3) is 2.56. The van der Waals surface area contributed by atoms with Gasteiger partial charge in [0.1, 0.15) is 11.5 Å². The third-order valence-electron chi connectivity index (χ3n) is 4.94. The van der Waals surface area contributed by atoms with Crippen LogP contribution in [0.3, 0.4) is 0 Å². The van der Waals surface area contributed by atoms with Crippen LogP contribution in [0.15, 0.2) is 84.9 Å². The summed E-state index contributed by atoms with van der Waals surface area (Å²) in [4.78, 5) is 2.30. The van der Waals surface area contributed by atoms with Gasteiger partial charge in [-0.15, -0.1) is 11.3 Å². The maximum Gasteiger partial charge on any atom is 0.123 e. The Morgan fingerprint density at radius 2 is 0.852 bits per heavy atom. The van der Waals surface area contributed by atoms with Gasteiger partial charge in [0.05, 0.1) is 0 Å². The zero-order valence-corrected chi connectivity index (χ0v) is 15.2. The van der Waals surface area contributed by atoms with Gasteiger partial charge in [0.2, 0.25) is 0 Å². The van der Waals surface area contributed by atoms with E-state index in [4.69, 9.17) is 0 Å². The van der Waals surface area contributed by atoms with Crippen molar-refractivity contribution in [2.75, 3.05) is 0 Å². The molecule has 0 unspecified atom stereocenters. The molecule has 5 rings (SSSR count). The first-order valence-corrected chi connectivity index (χ1v) is 9.56.